The molecule has 0 bridgehead atoms. The number of aliphatic carboxylic acids is 1. The second-order valence-corrected chi connectivity index (χ2v) is 6.39. The Morgan fingerprint density at radius 1 is 1.25 bits per heavy atom. The van der Waals surface area contributed by atoms with Crippen molar-refractivity contribution in [1.29, 1.82) is 0 Å². The predicted octanol–water partition coefficient (Wildman–Crippen LogP) is 3.17. The van der Waals surface area contributed by atoms with Crippen LogP contribution in [0.5, 0.6) is 0 Å². The van der Waals surface area contributed by atoms with Gasteiger partial charge in [0.15, 0.2) is 0 Å². The third-order valence-corrected chi connectivity index (χ3v) is 3.68. The summed E-state index contributed by atoms with van der Waals surface area (Å²) in [5, 5.41) is 11.8. The van der Waals surface area contributed by atoms with Gasteiger partial charge in [-0.25, -0.2) is 0 Å². The highest BCUT2D eigenvalue weighted by atomic mass is 32.2. The van der Waals surface area contributed by atoms with Crippen LogP contribution in [0.3, 0.4) is 0 Å². The SMILES string of the molecule is CC(C)Sc1ccccc1C(=O)NCCCCC(=O)O. The summed E-state index contributed by atoms with van der Waals surface area (Å²) < 4.78 is 0. The third-order valence-electron chi connectivity index (χ3n) is 2.60. The molecule has 0 aliphatic rings. The molecule has 0 spiro atoms. The molecule has 0 radical (unpaired) electrons. The van der Waals surface area contributed by atoms with Gasteiger partial charge in [-0.2, -0.15) is 0 Å². The molecule has 1 amide bonds. The van der Waals surface area contributed by atoms with E-state index in [9.17, 15) is 9.59 Å². The van der Waals surface area contributed by atoms with Gasteiger partial charge in [-0.1, -0.05) is 26.0 Å². The highest BCUT2D eigenvalue weighted by Crippen LogP contribution is 2.26. The minimum absolute atomic E-state index is 0.0934. The second-order valence-electron chi connectivity index (χ2n) is 4.77. The quantitative estimate of drug-likeness (QED) is 0.571. The second kappa shape index (κ2) is 8.64. The topological polar surface area (TPSA) is 66.4 Å². The van der Waals surface area contributed by atoms with E-state index in [1.807, 2.05) is 24.3 Å². The summed E-state index contributed by atoms with van der Waals surface area (Å²) in [4.78, 5) is 23.5. The standard InChI is InChI=1S/C15H21NO3S/c1-11(2)20-13-8-4-3-7-12(13)15(19)16-10-6-5-9-14(17)18/h3-4,7-8,11H,5-6,9-10H2,1-2H3,(H,16,19)(H,17,18). The molecule has 0 saturated carbocycles. The highest BCUT2D eigenvalue weighted by molar-refractivity contribution is 8.00. The van der Waals surface area contributed by atoms with Crippen LogP contribution < -0.4 is 5.32 Å². The molecular formula is C15H21NO3S. The van der Waals surface area contributed by atoms with Gasteiger partial charge in [0.25, 0.3) is 5.91 Å². The van der Waals surface area contributed by atoms with Crippen molar-refractivity contribution in [2.24, 2.45) is 0 Å². The van der Waals surface area contributed by atoms with Gasteiger partial charge in [-0.15, -0.1) is 11.8 Å². The number of hydrogen-bond donors (Lipinski definition) is 2. The van der Waals surface area contributed by atoms with E-state index in [1.165, 1.54) is 0 Å². The maximum atomic E-state index is 12.1. The van der Waals surface area contributed by atoms with Crippen LogP contribution in [0.1, 0.15) is 43.5 Å². The summed E-state index contributed by atoms with van der Waals surface area (Å²) in [6.45, 7) is 4.68. The Balaban J connectivity index is 2.48. The Labute approximate surface area is 124 Å². The molecule has 0 atom stereocenters. The van der Waals surface area contributed by atoms with Gasteiger partial charge < -0.3 is 10.4 Å². The van der Waals surface area contributed by atoms with Crippen LogP contribution >= 0.6 is 11.8 Å². The zero-order valence-electron chi connectivity index (χ0n) is 11.9. The molecule has 0 unspecified atom stereocenters. The van der Waals surface area contributed by atoms with Crippen LogP contribution in [-0.4, -0.2) is 28.8 Å². The van der Waals surface area contributed by atoms with Crippen molar-refractivity contribution in [1.82, 2.24) is 5.32 Å². The third kappa shape index (κ3) is 6.10. The van der Waals surface area contributed by atoms with Crippen LogP contribution in [0.25, 0.3) is 0 Å². The number of carbonyl (C=O) groups excluding carboxylic acids is 1. The van der Waals surface area contributed by atoms with E-state index in [4.69, 9.17) is 5.11 Å². The first-order valence-electron chi connectivity index (χ1n) is 6.76. The van der Waals surface area contributed by atoms with Crippen molar-refractivity contribution in [3.05, 3.63) is 29.8 Å². The van der Waals surface area contributed by atoms with Gasteiger partial charge in [-0.05, 0) is 25.0 Å². The number of carboxylic acid groups (broad SMARTS) is 1. The Morgan fingerprint density at radius 3 is 2.60 bits per heavy atom. The zero-order chi connectivity index (χ0) is 15.0. The van der Waals surface area contributed by atoms with E-state index in [0.717, 1.165) is 4.90 Å². The van der Waals surface area contributed by atoms with E-state index in [-0.39, 0.29) is 12.3 Å². The fraction of sp³-hybridized carbons (Fsp3) is 0.467. The van der Waals surface area contributed by atoms with Crippen molar-refractivity contribution in [3.8, 4) is 0 Å². The number of benzene rings is 1. The monoisotopic (exact) mass is 295 g/mol. The molecule has 0 heterocycles. The van der Waals surface area contributed by atoms with Crippen LogP contribution in [0, 0.1) is 0 Å². The normalized spacial score (nSPS) is 10.6. The first-order chi connectivity index (χ1) is 9.50. The molecule has 110 valence electrons. The van der Waals surface area contributed by atoms with E-state index in [2.05, 4.69) is 19.2 Å². The minimum atomic E-state index is -0.796. The molecule has 0 fully saturated rings. The number of unbranched alkanes of at least 4 members (excludes halogenated alkanes) is 1. The number of rotatable bonds is 8. The molecule has 0 aromatic heterocycles. The molecule has 0 saturated heterocycles. The Bertz CT molecular complexity index is 460. The molecule has 1 aromatic carbocycles. The number of hydrogen-bond acceptors (Lipinski definition) is 3. The number of nitrogens with one attached hydrogen (secondary N) is 1. The fourth-order valence-electron chi connectivity index (χ4n) is 1.71. The van der Waals surface area contributed by atoms with Crippen LogP contribution in [0.2, 0.25) is 0 Å². The number of carboxylic acids is 1. The van der Waals surface area contributed by atoms with Crippen molar-refractivity contribution in [3.63, 3.8) is 0 Å². The van der Waals surface area contributed by atoms with E-state index >= 15 is 0 Å². The predicted molar refractivity (Wildman–Crippen MR) is 81.3 cm³/mol. The van der Waals surface area contributed by atoms with Crippen molar-refractivity contribution >= 4 is 23.6 Å². The fourth-order valence-corrected chi connectivity index (χ4v) is 2.66. The molecule has 0 aliphatic carbocycles. The van der Waals surface area contributed by atoms with Gasteiger partial charge in [0.2, 0.25) is 0 Å². The van der Waals surface area contributed by atoms with E-state index in [0.29, 0.717) is 30.2 Å². The van der Waals surface area contributed by atoms with Gasteiger partial charge in [0.1, 0.15) is 0 Å². The highest BCUT2D eigenvalue weighted by Gasteiger charge is 2.11. The Hall–Kier alpha value is -1.49. The number of thioether (sulfide) groups is 1. The average Bonchev–Trinajstić information content (AvgIpc) is 2.37. The lowest BCUT2D eigenvalue weighted by Gasteiger charge is -2.11. The van der Waals surface area contributed by atoms with Crippen LogP contribution in [0.15, 0.2) is 29.2 Å². The molecule has 1 rings (SSSR count). The molecule has 0 aliphatic heterocycles. The Morgan fingerprint density at radius 2 is 1.95 bits per heavy atom. The summed E-state index contributed by atoms with van der Waals surface area (Å²) in [7, 11) is 0. The van der Waals surface area contributed by atoms with Crippen molar-refractivity contribution < 1.29 is 14.7 Å². The average molecular weight is 295 g/mol. The van der Waals surface area contributed by atoms with Gasteiger partial charge in [0.05, 0.1) is 5.56 Å². The molecular weight excluding hydrogens is 274 g/mol. The largest absolute Gasteiger partial charge is 0.481 e. The maximum Gasteiger partial charge on any atom is 0.303 e. The summed E-state index contributed by atoms with van der Waals surface area (Å²) in [6.07, 6.45) is 1.41. The van der Waals surface area contributed by atoms with Crippen molar-refractivity contribution in [2.45, 2.75) is 43.3 Å². The molecule has 4 nitrogen and oxygen atoms in total. The zero-order valence-corrected chi connectivity index (χ0v) is 12.7. The number of amides is 1. The first kappa shape index (κ1) is 16.6. The lowest BCUT2D eigenvalue weighted by Crippen LogP contribution is -2.25. The first-order valence-corrected chi connectivity index (χ1v) is 7.64. The lowest BCUT2D eigenvalue weighted by atomic mass is 10.2. The molecule has 20 heavy (non-hydrogen) atoms. The molecule has 2 N–H and O–H groups in total. The van der Waals surface area contributed by atoms with Gasteiger partial charge in [0, 0.05) is 23.1 Å². The van der Waals surface area contributed by atoms with Crippen LogP contribution in [-0.2, 0) is 4.79 Å². The van der Waals surface area contributed by atoms with E-state index < -0.39 is 5.97 Å². The Kier molecular flexibility index (Phi) is 7.15. The summed E-state index contributed by atoms with van der Waals surface area (Å²) in [5.74, 6) is -0.890. The van der Waals surface area contributed by atoms with Gasteiger partial charge in [-0.3, -0.25) is 9.59 Å². The lowest BCUT2D eigenvalue weighted by molar-refractivity contribution is -0.137. The summed E-state index contributed by atoms with van der Waals surface area (Å²) in [5.41, 5.74) is 0.685. The van der Waals surface area contributed by atoms with Gasteiger partial charge >= 0.3 is 5.97 Å². The van der Waals surface area contributed by atoms with Crippen LogP contribution in [0.4, 0.5) is 0 Å². The number of carbonyl (C=O) groups is 2. The minimum Gasteiger partial charge on any atom is -0.481 e. The summed E-state index contributed by atoms with van der Waals surface area (Å²) in [6, 6.07) is 7.54. The molecule has 1 aromatic rings. The van der Waals surface area contributed by atoms with E-state index in [1.54, 1.807) is 11.8 Å². The maximum absolute atomic E-state index is 12.1. The molecule has 5 heteroatoms. The summed E-state index contributed by atoms with van der Waals surface area (Å²) >= 11 is 1.66. The van der Waals surface area contributed by atoms with Crippen molar-refractivity contribution in [2.75, 3.05) is 6.54 Å². The smallest absolute Gasteiger partial charge is 0.303 e.